The number of nitrogens with two attached hydrogens (primary N) is 1. The molecule has 0 spiro atoms. The SMILES string of the molecule is CCc1cc(C(=O)NCc2cccc(N)c2)n(C)n1. The van der Waals surface area contributed by atoms with Gasteiger partial charge in [-0.05, 0) is 30.2 Å². The topological polar surface area (TPSA) is 72.9 Å². The molecule has 100 valence electrons. The van der Waals surface area contributed by atoms with E-state index in [0.717, 1.165) is 17.7 Å². The van der Waals surface area contributed by atoms with Crippen LogP contribution in [0, 0.1) is 0 Å². The molecular formula is C14H18N4O. The maximum Gasteiger partial charge on any atom is 0.269 e. The number of amides is 1. The molecule has 0 radical (unpaired) electrons. The van der Waals surface area contributed by atoms with Crippen molar-refractivity contribution in [2.24, 2.45) is 7.05 Å². The molecule has 1 aromatic heterocycles. The fourth-order valence-corrected chi connectivity index (χ4v) is 1.89. The summed E-state index contributed by atoms with van der Waals surface area (Å²) in [4.78, 5) is 12.0. The quantitative estimate of drug-likeness (QED) is 0.816. The average molecular weight is 258 g/mol. The van der Waals surface area contributed by atoms with Crippen LogP contribution in [0.3, 0.4) is 0 Å². The highest BCUT2D eigenvalue weighted by molar-refractivity contribution is 5.92. The molecule has 0 atom stereocenters. The summed E-state index contributed by atoms with van der Waals surface area (Å²) in [6.45, 7) is 2.47. The second-order valence-corrected chi connectivity index (χ2v) is 4.43. The molecule has 2 aromatic rings. The summed E-state index contributed by atoms with van der Waals surface area (Å²) < 4.78 is 1.60. The van der Waals surface area contributed by atoms with Crippen LogP contribution in [0.15, 0.2) is 30.3 Å². The van der Waals surface area contributed by atoms with Crippen molar-refractivity contribution in [1.29, 1.82) is 0 Å². The lowest BCUT2D eigenvalue weighted by Gasteiger charge is -2.06. The van der Waals surface area contributed by atoms with Crippen molar-refractivity contribution in [3.05, 3.63) is 47.3 Å². The number of nitrogens with zero attached hydrogens (tertiary/aromatic N) is 2. The van der Waals surface area contributed by atoms with Crippen LogP contribution in [0.25, 0.3) is 0 Å². The Hall–Kier alpha value is -2.30. The molecule has 5 nitrogen and oxygen atoms in total. The van der Waals surface area contributed by atoms with Gasteiger partial charge in [0.2, 0.25) is 0 Å². The maximum absolute atomic E-state index is 12.0. The fourth-order valence-electron chi connectivity index (χ4n) is 1.89. The van der Waals surface area contributed by atoms with Crippen molar-refractivity contribution in [3.8, 4) is 0 Å². The predicted molar refractivity (Wildman–Crippen MR) is 74.6 cm³/mol. The largest absolute Gasteiger partial charge is 0.399 e. The van der Waals surface area contributed by atoms with Crippen molar-refractivity contribution in [2.75, 3.05) is 5.73 Å². The summed E-state index contributed by atoms with van der Waals surface area (Å²) in [5.41, 5.74) is 8.85. The molecule has 0 unspecified atom stereocenters. The zero-order valence-electron chi connectivity index (χ0n) is 11.2. The van der Waals surface area contributed by atoms with Crippen molar-refractivity contribution >= 4 is 11.6 Å². The summed E-state index contributed by atoms with van der Waals surface area (Å²) >= 11 is 0. The fraction of sp³-hybridized carbons (Fsp3) is 0.286. The number of aromatic nitrogens is 2. The summed E-state index contributed by atoms with van der Waals surface area (Å²) in [7, 11) is 1.77. The Balaban J connectivity index is 2.03. The highest BCUT2D eigenvalue weighted by atomic mass is 16.2. The molecule has 5 heteroatoms. The third-order valence-electron chi connectivity index (χ3n) is 2.93. The van der Waals surface area contributed by atoms with Crippen LogP contribution in [-0.2, 0) is 20.0 Å². The van der Waals surface area contributed by atoms with E-state index in [9.17, 15) is 4.79 Å². The number of benzene rings is 1. The van der Waals surface area contributed by atoms with E-state index in [1.54, 1.807) is 11.7 Å². The number of nitrogens with one attached hydrogen (secondary N) is 1. The van der Waals surface area contributed by atoms with Crippen molar-refractivity contribution in [2.45, 2.75) is 19.9 Å². The Kier molecular flexibility index (Phi) is 3.85. The van der Waals surface area contributed by atoms with E-state index in [-0.39, 0.29) is 5.91 Å². The van der Waals surface area contributed by atoms with Crippen LogP contribution in [-0.4, -0.2) is 15.7 Å². The Morgan fingerprint density at radius 2 is 2.21 bits per heavy atom. The Bertz CT molecular complexity index is 589. The number of anilines is 1. The number of aryl methyl sites for hydroxylation is 2. The second kappa shape index (κ2) is 5.56. The molecule has 3 N–H and O–H groups in total. The number of nitrogen functional groups attached to an aromatic ring is 1. The van der Waals surface area contributed by atoms with E-state index >= 15 is 0 Å². The number of hydrogen-bond acceptors (Lipinski definition) is 3. The van der Waals surface area contributed by atoms with Crippen LogP contribution in [0.1, 0.15) is 28.7 Å². The molecular weight excluding hydrogens is 240 g/mol. The van der Waals surface area contributed by atoms with Crippen molar-refractivity contribution in [3.63, 3.8) is 0 Å². The standard InChI is InChI=1S/C14H18N4O/c1-3-12-8-13(18(2)17-12)14(19)16-9-10-5-4-6-11(15)7-10/h4-8H,3,9,15H2,1-2H3,(H,16,19). The van der Waals surface area contributed by atoms with Gasteiger partial charge in [-0.25, -0.2) is 0 Å². The van der Waals surface area contributed by atoms with E-state index in [2.05, 4.69) is 10.4 Å². The first kappa shape index (κ1) is 13.1. The summed E-state index contributed by atoms with van der Waals surface area (Å²) in [6.07, 6.45) is 0.816. The van der Waals surface area contributed by atoms with Gasteiger partial charge >= 0.3 is 0 Å². The Labute approximate surface area is 112 Å². The number of hydrogen-bond donors (Lipinski definition) is 2. The highest BCUT2D eigenvalue weighted by Gasteiger charge is 2.12. The highest BCUT2D eigenvalue weighted by Crippen LogP contribution is 2.07. The average Bonchev–Trinajstić information content (AvgIpc) is 2.77. The van der Waals surface area contributed by atoms with E-state index in [4.69, 9.17) is 5.73 Å². The maximum atomic E-state index is 12.0. The van der Waals surface area contributed by atoms with E-state index < -0.39 is 0 Å². The first-order valence-corrected chi connectivity index (χ1v) is 6.25. The molecule has 0 bridgehead atoms. The smallest absolute Gasteiger partial charge is 0.269 e. The molecule has 1 heterocycles. The van der Waals surface area contributed by atoms with Crippen molar-refractivity contribution < 1.29 is 4.79 Å². The lowest BCUT2D eigenvalue weighted by molar-refractivity contribution is 0.0941. The zero-order chi connectivity index (χ0) is 13.8. The number of carbonyl (C=O) groups excluding carboxylic acids is 1. The predicted octanol–water partition coefficient (Wildman–Crippen LogP) is 1.49. The minimum absolute atomic E-state index is 0.128. The van der Waals surface area contributed by atoms with Gasteiger partial charge in [-0.3, -0.25) is 9.48 Å². The van der Waals surface area contributed by atoms with Crippen LogP contribution in [0.4, 0.5) is 5.69 Å². The molecule has 0 aliphatic rings. The molecule has 19 heavy (non-hydrogen) atoms. The molecule has 1 aromatic carbocycles. The lowest BCUT2D eigenvalue weighted by atomic mass is 10.2. The van der Waals surface area contributed by atoms with Crippen LogP contribution >= 0.6 is 0 Å². The normalized spacial score (nSPS) is 10.4. The van der Waals surface area contributed by atoms with Crippen molar-refractivity contribution in [1.82, 2.24) is 15.1 Å². The second-order valence-electron chi connectivity index (χ2n) is 4.43. The van der Waals surface area contributed by atoms with Gasteiger partial charge in [0.1, 0.15) is 5.69 Å². The van der Waals surface area contributed by atoms with Gasteiger partial charge in [-0.1, -0.05) is 19.1 Å². The first-order valence-electron chi connectivity index (χ1n) is 6.25. The van der Waals surface area contributed by atoms with E-state index in [1.165, 1.54) is 0 Å². The first-order chi connectivity index (χ1) is 9.10. The minimum atomic E-state index is -0.128. The Morgan fingerprint density at radius 3 is 2.84 bits per heavy atom. The number of rotatable bonds is 4. The van der Waals surface area contributed by atoms with Gasteiger partial charge in [0.15, 0.2) is 0 Å². The van der Waals surface area contributed by atoms with Crippen LogP contribution in [0.2, 0.25) is 0 Å². The third-order valence-corrected chi connectivity index (χ3v) is 2.93. The number of carbonyl (C=O) groups is 1. The lowest BCUT2D eigenvalue weighted by Crippen LogP contribution is -2.25. The summed E-state index contributed by atoms with van der Waals surface area (Å²) in [6, 6.07) is 9.28. The van der Waals surface area contributed by atoms with Gasteiger partial charge in [0, 0.05) is 19.3 Å². The van der Waals surface area contributed by atoms with E-state index in [0.29, 0.717) is 17.9 Å². The molecule has 0 aliphatic heterocycles. The van der Waals surface area contributed by atoms with Gasteiger partial charge in [-0.15, -0.1) is 0 Å². The Morgan fingerprint density at radius 1 is 1.42 bits per heavy atom. The molecule has 0 saturated carbocycles. The summed E-state index contributed by atoms with van der Waals surface area (Å²) in [5, 5.41) is 7.12. The molecule has 0 saturated heterocycles. The minimum Gasteiger partial charge on any atom is -0.399 e. The van der Waals surface area contributed by atoms with E-state index in [1.807, 2.05) is 37.3 Å². The molecule has 2 rings (SSSR count). The molecule has 0 aliphatic carbocycles. The zero-order valence-corrected chi connectivity index (χ0v) is 11.2. The van der Waals surface area contributed by atoms with Gasteiger partial charge in [-0.2, -0.15) is 5.10 Å². The van der Waals surface area contributed by atoms with Gasteiger partial charge < -0.3 is 11.1 Å². The molecule has 1 amide bonds. The van der Waals surface area contributed by atoms with Gasteiger partial charge in [0.25, 0.3) is 5.91 Å². The van der Waals surface area contributed by atoms with Gasteiger partial charge in [0.05, 0.1) is 5.69 Å². The van der Waals surface area contributed by atoms with Crippen LogP contribution < -0.4 is 11.1 Å². The third kappa shape index (κ3) is 3.13. The summed E-state index contributed by atoms with van der Waals surface area (Å²) in [5.74, 6) is -0.128. The monoisotopic (exact) mass is 258 g/mol. The van der Waals surface area contributed by atoms with Crippen LogP contribution in [0.5, 0.6) is 0 Å². The molecule has 0 fully saturated rings.